The van der Waals surface area contributed by atoms with E-state index in [2.05, 4.69) is 4.98 Å². The number of carbonyl (C=O) groups is 1. The van der Waals surface area contributed by atoms with Crippen LogP contribution in [-0.2, 0) is 17.8 Å². The minimum absolute atomic E-state index is 0.167. The van der Waals surface area contributed by atoms with Crippen molar-refractivity contribution in [2.75, 3.05) is 0 Å². The fourth-order valence-corrected chi connectivity index (χ4v) is 1.61. The minimum Gasteiger partial charge on any atom is -0.479 e. The molecule has 1 aromatic rings. The molecule has 70 valence electrons. The van der Waals surface area contributed by atoms with E-state index in [0.29, 0.717) is 6.54 Å². The van der Waals surface area contributed by atoms with Gasteiger partial charge in [0, 0.05) is 13.0 Å². The van der Waals surface area contributed by atoms with E-state index < -0.39 is 12.1 Å². The Morgan fingerprint density at radius 2 is 2.54 bits per heavy atom. The molecule has 13 heavy (non-hydrogen) atoms. The van der Waals surface area contributed by atoms with Crippen molar-refractivity contribution in [3.63, 3.8) is 0 Å². The quantitative estimate of drug-likeness (QED) is 0.743. The molecule has 1 N–H and O–H groups in total. The normalized spacial score (nSPS) is 17.0. The fourth-order valence-electron chi connectivity index (χ4n) is 1.61. The van der Waals surface area contributed by atoms with E-state index in [1.165, 1.54) is 6.20 Å². The van der Waals surface area contributed by atoms with Gasteiger partial charge in [0.25, 0.3) is 0 Å². The van der Waals surface area contributed by atoms with Crippen molar-refractivity contribution in [3.8, 4) is 0 Å². The molecule has 0 aliphatic carbocycles. The molecule has 0 bridgehead atoms. The number of alkyl halides is 1. The number of rotatable bonds is 2. The van der Waals surface area contributed by atoms with Crippen molar-refractivity contribution in [1.29, 1.82) is 0 Å². The molecule has 1 unspecified atom stereocenters. The van der Waals surface area contributed by atoms with Gasteiger partial charge >= 0.3 is 5.97 Å². The second kappa shape index (κ2) is 2.83. The molecule has 2 rings (SSSR count). The van der Waals surface area contributed by atoms with Gasteiger partial charge in [-0.25, -0.2) is 14.2 Å². The van der Waals surface area contributed by atoms with Crippen LogP contribution in [0.15, 0.2) is 6.20 Å². The van der Waals surface area contributed by atoms with Crippen LogP contribution in [-0.4, -0.2) is 20.6 Å². The average molecular weight is 184 g/mol. The second-order valence-corrected chi connectivity index (χ2v) is 3.06. The summed E-state index contributed by atoms with van der Waals surface area (Å²) in [6.07, 6.45) is 1.10. The molecular formula is C8H9FN2O2. The number of aryl methyl sites for hydroxylation is 1. The van der Waals surface area contributed by atoms with Crippen molar-refractivity contribution in [2.24, 2.45) is 0 Å². The lowest BCUT2D eigenvalue weighted by atomic mass is 10.3. The Bertz CT molecular complexity index is 348. The summed E-state index contributed by atoms with van der Waals surface area (Å²) in [7, 11) is 0. The number of halogens is 1. The molecule has 0 saturated carbocycles. The highest BCUT2D eigenvalue weighted by Crippen LogP contribution is 2.23. The summed E-state index contributed by atoms with van der Waals surface area (Å²) in [4.78, 5) is 14.3. The standard InChI is InChI=1S/C8H9FN2O2/c9-7(8(12)13)5-4-10-6-2-1-3-11(5)6/h4,7H,1-3H2,(H,12,13). The highest BCUT2D eigenvalue weighted by atomic mass is 19.1. The molecule has 0 saturated heterocycles. The summed E-state index contributed by atoms with van der Waals surface area (Å²) in [5, 5.41) is 8.47. The van der Waals surface area contributed by atoms with Crippen molar-refractivity contribution >= 4 is 5.97 Å². The van der Waals surface area contributed by atoms with E-state index in [9.17, 15) is 9.18 Å². The Kier molecular flexibility index (Phi) is 1.79. The van der Waals surface area contributed by atoms with E-state index in [1.54, 1.807) is 4.57 Å². The maximum Gasteiger partial charge on any atom is 0.344 e. The van der Waals surface area contributed by atoms with Crippen LogP contribution in [0.2, 0.25) is 0 Å². The summed E-state index contributed by atoms with van der Waals surface area (Å²) in [5.74, 6) is -0.659. The third kappa shape index (κ3) is 1.20. The van der Waals surface area contributed by atoms with Gasteiger partial charge in [-0.15, -0.1) is 0 Å². The van der Waals surface area contributed by atoms with Gasteiger partial charge in [0.15, 0.2) is 0 Å². The Hall–Kier alpha value is -1.39. The van der Waals surface area contributed by atoms with Crippen molar-refractivity contribution in [1.82, 2.24) is 9.55 Å². The molecule has 0 radical (unpaired) electrons. The van der Waals surface area contributed by atoms with Crippen molar-refractivity contribution in [3.05, 3.63) is 17.7 Å². The SMILES string of the molecule is O=C(O)C(F)c1cnc2n1CCC2. The van der Waals surface area contributed by atoms with Crippen LogP contribution < -0.4 is 0 Å². The molecule has 1 aliphatic heterocycles. The molecule has 2 heterocycles. The van der Waals surface area contributed by atoms with Crippen LogP contribution in [0.1, 0.15) is 24.1 Å². The molecule has 1 atom stereocenters. The number of carboxylic acids is 1. The van der Waals surface area contributed by atoms with Crippen LogP contribution in [0.4, 0.5) is 4.39 Å². The Morgan fingerprint density at radius 1 is 1.77 bits per heavy atom. The smallest absolute Gasteiger partial charge is 0.344 e. The number of imidazole rings is 1. The number of aromatic nitrogens is 2. The predicted molar refractivity (Wildman–Crippen MR) is 42.0 cm³/mol. The monoisotopic (exact) mass is 184 g/mol. The van der Waals surface area contributed by atoms with Gasteiger partial charge in [0.05, 0.1) is 11.9 Å². The zero-order valence-corrected chi connectivity index (χ0v) is 6.90. The second-order valence-electron chi connectivity index (χ2n) is 3.06. The van der Waals surface area contributed by atoms with E-state index in [-0.39, 0.29) is 5.69 Å². The van der Waals surface area contributed by atoms with Gasteiger partial charge in [0.1, 0.15) is 5.82 Å². The van der Waals surface area contributed by atoms with E-state index in [4.69, 9.17) is 5.11 Å². The highest BCUT2D eigenvalue weighted by Gasteiger charge is 2.26. The lowest BCUT2D eigenvalue weighted by molar-refractivity contribution is -0.143. The molecule has 1 aliphatic rings. The summed E-state index contributed by atoms with van der Waals surface area (Å²) >= 11 is 0. The molecule has 0 aromatic carbocycles. The average Bonchev–Trinajstić information content (AvgIpc) is 2.61. The summed E-state index contributed by atoms with van der Waals surface area (Å²) in [6, 6.07) is 0. The van der Waals surface area contributed by atoms with Crippen LogP contribution in [0.3, 0.4) is 0 Å². The zero-order valence-electron chi connectivity index (χ0n) is 6.90. The number of carboxylic acid groups (broad SMARTS) is 1. The number of aliphatic carboxylic acids is 1. The number of hydrogen-bond acceptors (Lipinski definition) is 2. The molecular weight excluding hydrogens is 175 g/mol. The predicted octanol–water partition coefficient (Wildman–Crippen LogP) is 0.925. The summed E-state index contributed by atoms with van der Waals surface area (Å²) in [6.45, 7) is 0.679. The summed E-state index contributed by atoms with van der Waals surface area (Å²) < 4.78 is 14.7. The zero-order chi connectivity index (χ0) is 9.42. The number of hydrogen-bond donors (Lipinski definition) is 1. The first-order valence-electron chi connectivity index (χ1n) is 4.11. The first-order valence-corrected chi connectivity index (χ1v) is 4.11. The Labute approximate surface area is 74.0 Å². The lowest BCUT2D eigenvalue weighted by Gasteiger charge is -2.05. The van der Waals surface area contributed by atoms with Gasteiger partial charge in [-0.05, 0) is 6.42 Å². The van der Waals surface area contributed by atoms with E-state index in [0.717, 1.165) is 18.7 Å². The van der Waals surface area contributed by atoms with Gasteiger partial charge in [-0.3, -0.25) is 0 Å². The topological polar surface area (TPSA) is 55.1 Å². The molecule has 0 fully saturated rings. The van der Waals surface area contributed by atoms with Crippen LogP contribution in [0.25, 0.3) is 0 Å². The van der Waals surface area contributed by atoms with Gasteiger partial charge < -0.3 is 9.67 Å². The molecule has 0 spiro atoms. The first kappa shape index (κ1) is 8.22. The van der Waals surface area contributed by atoms with Crippen molar-refractivity contribution < 1.29 is 14.3 Å². The highest BCUT2D eigenvalue weighted by molar-refractivity contribution is 5.73. The first-order chi connectivity index (χ1) is 6.20. The van der Waals surface area contributed by atoms with Gasteiger partial charge in [-0.1, -0.05) is 0 Å². The van der Waals surface area contributed by atoms with Crippen LogP contribution in [0.5, 0.6) is 0 Å². The summed E-state index contributed by atoms with van der Waals surface area (Å²) in [5.41, 5.74) is 0.167. The van der Waals surface area contributed by atoms with E-state index in [1.807, 2.05) is 0 Å². The fraction of sp³-hybridized carbons (Fsp3) is 0.500. The molecule has 0 amide bonds. The van der Waals surface area contributed by atoms with Crippen LogP contribution in [0, 0.1) is 0 Å². The van der Waals surface area contributed by atoms with Gasteiger partial charge in [0.2, 0.25) is 6.17 Å². The lowest BCUT2D eigenvalue weighted by Crippen LogP contribution is -2.11. The molecule has 1 aromatic heterocycles. The largest absolute Gasteiger partial charge is 0.479 e. The third-order valence-corrected chi connectivity index (χ3v) is 2.23. The molecule has 4 nitrogen and oxygen atoms in total. The maximum absolute atomic E-state index is 13.1. The Morgan fingerprint density at radius 3 is 3.23 bits per heavy atom. The van der Waals surface area contributed by atoms with Crippen LogP contribution >= 0.6 is 0 Å². The Balaban J connectivity index is 2.36. The van der Waals surface area contributed by atoms with E-state index >= 15 is 0 Å². The van der Waals surface area contributed by atoms with Crippen molar-refractivity contribution in [2.45, 2.75) is 25.6 Å². The minimum atomic E-state index is -1.95. The maximum atomic E-state index is 13.1. The molecule has 5 heteroatoms. The third-order valence-electron chi connectivity index (χ3n) is 2.23. The van der Waals surface area contributed by atoms with Gasteiger partial charge in [-0.2, -0.15) is 0 Å². The number of fused-ring (bicyclic) bond motifs is 1. The number of nitrogens with zero attached hydrogens (tertiary/aromatic N) is 2.